The second-order valence-electron chi connectivity index (χ2n) is 7.56. The normalized spacial score (nSPS) is 44.5. The fourth-order valence-corrected chi connectivity index (χ4v) is 4.63. The smallest absolute Gasteiger partial charge is 0.149 e. The van der Waals surface area contributed by atoms with Crippen LogP contribution in [0.4, 0.5) is 0 Å². The highest BCUT2D eigenvalue weighted by molar-refractivity contribution is 5.83. The van der Waals surface area contributed by atoms with E-state index in [1.165, 1.54) is 12.8 Å². The zero-order valence-corrected chi connectivity index (χ0v) is 13.0. The summed E-state index contributed by atoms with van der Waals surface area (Å²) in [5.41, 5.74) is 0.0963. The molecule has 110 valence electrons. The lowest BCUT2D eigenvalue weighted by atomic mass is 9.62. The second-order valence-corrected chi connectivity index (χ2v) is 7.56. The first-order valence-corrected chi connectivity index (χ1v) is 8.11. The number of rotatable bonds is 2. The Balaban J connectivity index is 1.66. The third-order valence-electron chi connectivity index (χ3n) is 5.98. The Labute approximate surface area is 122 Å². The largest absolute Gasteiger partial charge is 0.356 e. The SMILES string of the molecule is CC(CC#CC1(C)CO1)C1CCC2C(=O)CCCC21C. The van der Waals surface area contributed by atoms with Crippen LogP contribution >= 0.6 is 0 Å². The average Bonchev–Trinajstić information content (AvgIpc) is 2.99. The van der Waals surface area contributed by atoms with Gasteiger partial charge >= 0.3 is 0 Å². The number of hydrogen-bond donors (Lipinski definition) is 0. The highest BCUT2D eigenvalue weighted by Gasteiger charge is 2.52. The van der Waals surface area contributed by atoms with E-state index >= 15 is 0 Å². The molecule has 3 fully saturated rings. The quantitative estimate of drug-likeness (QED) is 0.569. The molecule has 2 nitrogen and oxygen atoms in total. The Morgan fingerprint density at radius 1 is 1.40 bits per heavy atom. The van der Waals surface area contributed by atoms with Gasteiger partial charge in [-0.05, 0) is 49.9 Å². The molecule has 0 aromatic rings. The molecule has 20 heavy (non-hydrogen) atoms. The van der Waals surface area contributed by atoms with Gasteiger partial charge < -0.3 is 4.74 Å². The maximum Gasteiger partial charge on any atom is 0.149 e. The molecule has 3 aliphatic rings. The van der Waals surface area contributed by atoms with E-state index in [0.29, 0.717) is 23.5 Å². The van der Waals surface area contributed by atoms with Crippen molar-refractivity contribution in [3.05, 3.63) is 0 Å². The Morgan fingerprint density at radius 2 is 2.15 bits per heavy atom. The van der Waals surface area contributed by atoms with Crippen LogP contribution in [0.2, 0.25) is 0 Å². The van der Waals surface area contributed by atoms with E-state index in [-0.39, 0.29) is 11.0 Å². The molecule has 0 amide bonds. The third kappa shape index (κ3) is 2.42. The molecule has 0 aromatic heterocycles. The Morgan fingerprint density at radius 3 is 2.85 bits per heavy atom. The monoisotopic (exact) mass is 274 g/mol. The van der Waals surface area contributed by atoms with Crippen LogP contribution in [0.25, 0.3) is 0 Å². The summed E-state index contributed by atoms with van der Waals surface area (Å²) in [6.07, 6.45) is 6.40. The third-order valence-corrected chi connectivity index (χ3v) is 5.98. The summed E-state index contributed by atoms with van der Waals surface area (Å²) >= 11 is 0. The molecule has 1 heterocycles. The van der Waals surface area contributed by atoms with Gasteiger partial charge in [0.1, 0.15) is 11.4 Å². The summed E-state index contributed by atoms with van der Waals surface area (Å²) < 4.78 is 5.30. The first-order chi connectivity index (χ1) is 9.45. The van der Waals surface area contributed by atoms with Crippen molar-refractivity contribution in [3.8, 4) is 11.8 Å². The standard InChI is InChI=1S/C18H26O2/c1-13(6-4-10-17(2)12-20-17)14-8-9-15-16(19)7-5-11-18(14,15)3/h13-15H,5-9,11-12H2,1-3H3. The molecule has 5 atom stereocenters. The van der Waals surface area contributed by atoms with Gasteiger partial charge in [0, 0.05) is 18.8 Å². The van der Waals surface area contributed by atoms with E-state index in [4.69, 9.17) is 4.74 Å². The van der Waals surface area contributed by atoms with E-state index in [9.17, 15) is 4.79 Å². The molecule has 0 spiro atoms. The summed E-state index contributed by atoms with van der Waals surface area (Å²) in [5.74, 6) is 8.68. The van der Waals surface area contributed by atoms with Crippen LogP contribution in [-0.2, 0) is 9.53 Å². The summed E-state index contributed by atoms with van der Waals surface area (Å²) in [6.45, 7) is 7.52. The molecular weight excluding hydrogens is 248 g/mol. The molecule has 0 bridgehead atoms. The van der Waals surface area contributed by atoms with Crippen molar-refractivity contribution < 1.29 is 9.53 Å². The zero-order valence-electron chi connectivity index (χ0n) is 13.0. The van der Waals surface area contributed by atoms with E-state index in [1.807, 2.05) is 0 Å². The molecule has 2 aliphatic carbocycles. The fourth-order valence-electron chi connectivity index (χ4n) is 4.63. The number of carbonyl (C=O) groups excluding carboxylic acids is 1. The number of ether oxygens (including phenoxy) is 1. The predicted molar refractivity (Wildman–Crippen MR) is 79.1 cm³/mol. The number of carbonyl (C=O) groups is 1. The Bertz CT molecular complexity index is 466. The summed E-state index contributed by atoms with van der Waals surface area (Å²) in [7, 11) is 0. The van der Waals surface area contributed by atoms with E-state index in [2.05, 4.69) is 32.6 Å². The zero-order chi connectivity index (χ0) is 14.4. The predicted octanol–water partition coefficient (Wildman–Crippen LogP) is 3.59. The Kier molecular flexibility index (Phi) is 3.45. The highest BCUT2D eigenvalue weighted by atomic mass is 16.6. The first-order valence-electron chi connectivity index (χ1n) is 8.11. The number of hydrogen-bond acceptors (Lipinski definition) is 2. The van der Waals surface area contributed by atoms with E-state index in [1.54, 1.807) is 0 Å². The number of ketones is 1. The molecule has 0 radical (unpaired) electrons. The van der Waals surface area contributed by atoms with Gasteiger partial charge in [0.05, 0.1) is 6.61 Å². The summed E-state index contributed by atoms with van der Waals surface area (Å²) in [4.78, 5) is 12.2. The van der Waals surface area contributed by atoms with E-state index < -0.39 is 0 Å². The molecular formula is C18H26O2. The molecule has 3 rings (SSSR count). The van der Waals surface area contributed by atoms with Crippen molar-refractivity contribution in [2.24, 2.45) is 23.2 Å². The van der Waals surface area contributed by atoms with Gasteiger partial charge in [-0.1, -0.05) is 25.7 Å². The lowest BCUT2D eigenvalue weighted by Gasteiger charge is -2.42. The maximum absolute atomic E-state index is 12.2. The van der Waals surface area contributed by atoms with Gasteiger partial charge in [0.2, 0.25) is 0 Å². The maximum atomic E-state index is 12.2. The number of epoxide rings is 1. The molecule has 2 heteroatoms. The minimum absolute atomic E-state index is 0.150. The van der Waals surface area contributed by atoms with Crippen molar-refractivity contribution in [2.45, 2.75) is 64.9 Å². The average molecular weight is 274 g/mol. The first kappa shape index (κ1) is 14.1. The van der Waals surface area contributed by atoms with Gasteiger partial charge in [-0.25, -0.2) is 0 Å². The van der Waals surface area contributed by atoms with Crippen LogP contribution < -0.4 is 0 Å². The molecule has 5 unspecified atom stereocenters. The number of Topliss-reactive ketones (excluding diaryl/α,β-unsaturated/α-hetero) is 1. The molecule has 0 aromatic carbocycles. The molecule has 1 aliphatic heterocycles. The number of fused-ring (bicyclic) bond motifs is 1. The summed E-state index contributed by atoms with van der Waals surface area (Å²) in [5, 5.41) is 0. The van der Waals surface area contributed by atoms with Crippen LogP contribution in [0.1, 0.15) is 59.3 Å². The minimum Gasteiger partial charge on any atom is -0.356 e. The van der Waals surface area contributed by atoms with Crippen LogP contribution in [0, 0.1) is 35.0 Å². The van der Waals surface area contributed by atoms with Crippen molar-refractivity contribution in [1.29, 1.82) is 0 Å². The van der Waals surface area contributed by atoms with Gasteiger partial charge in [0.25, 0.3) is 0 Å². The fraction of sp³-hybridized carbons (Fsp3) is 0.833. The van der Waals surface area contributed by atoms with Gasteiger partial charge in [-0.15, -0.1) is 0 Å². The lowest BCUT2D eigenvalue weighted by Crippen LogP contribution is -2.39. The lowest BCUT2D eigenvalue weighted by molar-refractivity contribution is -0.130. The van der Waals surface area contributed by atoms with Gasteiger partial charge in [-0.3, -0.25) is 4.79 Å². The molecule has 1 saturated heterocycles. The summed E-state index contributed by atoms with van der Waals surface area (Å²) in [6, 6.07) is 0. The molecule has 2 saturated carbocycles. The topological polar surface area (TPSA) is 29.6 Å². The van der Waals surface area contributed by atoms with Crippen LogP contribution in [-0.4, -0.2) is 18.0 Å². The van der Waals surface area contributed by atoms with Crippen molar-refractivity contribution in [3.63, 3.8) is 0 Å². The van der Waals surface area contributed by atoms with Crippen LogP contribution in [0.5, 0.6) is 0 Å². The Hall–Kier alpha value is -0.810. The van der Waals surface area contributed by atoms with Crippen molar-refractivity contribution in [2.75, 3.05) is 6.61 Å². The van der Waals surface area contributed by atoms with Crippen LogP contribution in [0.3, 0.4) is 0 Å². The van der Waals surface area contributed by atoms with Gasteiger partial charge in [0.15, 0.2) is 0 Å². The highest BCUT2D eigenvalue weighted by Crippen LogP contribution is 2.56. The molecule has 0 N–H and O–H groups in total. The van der Waals surface area contributed by atoms with Crippen molar-refractivity contribution in [1.82, 2.24) is 0 Å². The second kappa shape index (κ2) is 4.88. The van der Waals surface area contributed by atoms with Gasteiger partial charge in [-0.2, -0.15) is 0 Å². The van der Waals surface area contributed by atoms with Crippen LogP contribution in [0.15, 0.2) is 0 Å². The van der Waals surface area contributed by atoms with Crippen molar-refractivity contribution >= 4 is 5.78 Å². The minimum atomic E-state index is -0.150. The van der Waals surface area contributed by atoms with E-state index in [0.717, 1.165) is 32.3 Å².